The van der Waals surface area contributed by atoms with Crippen LogP contribution in [0.4, 0.5) is 5.69 Å². The molecular weight excluding hydrogens is 342 g/mol. The van der Waals surface area contributed by atoms with Crippen LogP contribution >= 0.6 is 0 Å². The molecule has 0 saturated heterocycles. The van der Waals surface area contributed by atoms with Crippen molar-refractivity contribution in [2.45, 2.75) is 0 Å². The van der Waals surface area contributed by atoms with E-state index in [9.17, 15) is 9.59 Å². The number of anilines is 1. The lowest BCUT2D eigenvalue weighted by molar-refractivity contribution is 0.0588. The van der Waals surface area contributed by atoms with E-state index in [1.807, 2.05) is 0 Å². The van der Waals surface area contributed by atoms with Crippen LogP contribution in [0.5, 0.6) is 17.2 Å². The van der Waals surface area contributed by atoms with E-state index in [0.29, 0.717) is 28.3 Å². The largest absolute Gasteiger partial charge is 0.508 e. The lowest BCUT2D eigenvalue weighted by Gasteiger charge is -2.06. The average Bonchev–Trinajstić information content (AvgIpc) is 2.66. The molecule has 0 heterocycles. The van der Waals surface area contributed by atoms with Crippen LogP contribution in [0.25, 0.3) is 0 Å². The van der Waals surface area contributed by atoms with Gasteiger partial charge in [0.1, 0.15) is 28.4 Å². The van der Waals surface area contributed by atoms with Crippen molar-refractivity contribution in [2.24, 2.45) is 0 Å². The van der Waals surface area contributed by atoms with E-state index in [2.05, 4.69) is 9.47 Å². The van der Waals surface area contributed by atoms with E-state index in [-0.39, 0.29) is 5.75 Å². The molecule has 0 aliphatic heterocycles. The van der Waals surface area contributed by atoms with Crippen LogP contribution in [0.2, 0.25) is 0 Å². The second-order valence-corrected chi connectivity index (χ2v) is 4.83. The number of methoxy groups -OCH3 is 4. The normalized spacial score (nSPS) is 9.38. The number of nitrogen functional groups attached to an aromatic ring is 1. The Balaban J connectivity index is 0.000000260. The highest BCUT2D eigenvalue weighted by Crippen LogP contribution is 2.24. The molecule has 140 valence electrons. The summed E-state index contributed by atoms with van der Waals surface area (Å²) < 4.78 is 18.9. The molecule has 2 rings (SSSR count). The molecule has 8 heteroatoms. The molecule has 0 aliphatic carbocycles. The first-order chi connectivity index (χ1) is 12.4. The van der Waals surface area contributed by atoms with Crippen LogP contribution in [-0.4, -0.2) is 45.5 Å². The smallest absolute Gasteiger partial charge is 0.341 e. The molecule has 0 atom stereocenters. The summed E-state index contributed by atoms with van der Waals surface area (Å²) in [6.07, 6.45) is 0. The Kier molecular flexibility index (Phi) is 7.75. The highest BCUT2D eigenvalue weighted by molar-refractivity contribution is 5.93. The van der Waals surface area contributed by atoms with Crippen molar-refractivity contribution in [2.75, 3.05) is 34.2 Å². The lowest BCUT2D eigenvalue weighted by atomic mass is 10.2. The minimum absolute atomic E-state index is 0.0458. The molecule has 8 nitrogen and oxygen atoms in total. The molecule has 2 aromatic carbocycles. The molecule has 0 saturated carbocycles. The van der Waals surface area contributed by atoms with E-state index in [1.54, 1.807) is 18.2 Å². The number of nitrogens with two attached hydrogens (primary N) is 1. The number of hydrogen-bond donors (Lipinski definition) is 2. The van der Waals surface area contributed by atoms with Crippen molar-refractivity contribution in [1.29, 1.82) is 0 Å². The molecule has 0 aromatic heterocycles. The van der Waals surface area contributed by atoms with Crippen molar-refractivity contribution in [3.8, 4) is 17.2 Å². The second-order valence-electron chi connectivity index (χ2n) is 4.83. The molecule has 0 bridgehead atoms. The number of rotatable bonds is 4. The lowest BCUT2D eigenvalue weighted by Crippen LogP contribution is -2.04. The topological polar surface area (TPSA) is 117 Å². The van der Waals surface area contributed by atoms with Gasteiger partial charge in [-0.25, -0.2) is 9.59 Å². The number of benzene rings is 2. The Hall–Kier alpha value is -3.42. The predicted molar refractivity (Wildman–Crippen MR) is 94.7 cm³/mol. The van der Waals surface area contributed by atoms with Gasteiger partial charge in [-0.2, -0.15) is 0 Å². The van der Waals surface area contributed by atoms with Crippen LogP contribution in [0.1, 0.15) is 20.7 Å². The first-order valence-corrected chi connectivity index (χ1v) is 7.35. The van der Waals surface area contributed by atoms with Gasteiger partial charge in [-0.05, 0) is 24.3 Å². The predicted octanol–water partition coefficient (Wildman–Crippen LogP) is 2.25. The third-order valence-electron chi connectivity index (χ3n) is 3.22. The Morgan fingerprint density at radius 2 is 1.27 bits per heavy atom. The highest BCUT2D eigenvalue weighted by Gasteiger charge is 2.13. The molecule has 0 spiro atoms. The monoisotopic (exact) mass is 363 g/mol. The van der Waals surface area contributed by atoms with Crippen molar-refractivity contribution >= 4 is 17.6 Å². The molecule has 0 fully saturated rings. The number of carbonyl (C=O) groups excluding carboxylic acids is 2. The number of carbonyl (C=O) groups is 2. The minimum atomic E-state index is -0.489. The molecule has 0 radical (unpaired) electrons. The van der Waals surface area contributed by atoms with E-state index in [0.717, 1.165) is 0 Å². The second kappa shape index (κ2) is 9.77. The number of phenolic OH excluding ortho intramolecular Hbond substituents is 1. The fourth-order valence-corrected chi connectivity index (χ4v) is 1.94. The van der Waals surface area contributed by atoms with Crippen molar-refractivity contribution in [3.05, 3.63) is 47.5 Å². The Morgan fingerprint density at radius 1 is 0.808 bits per heavy atom. The Bertz CT molecular complexity index is 709. The summed E-state index contributed by atoms with van der Waals surface area (Å²) in [6.45, 7) is 0. The molecule has 26 heavy (non-hydrogen) atoms. The zero-order chi connectivity index (χ0) is 19.7. The SMILES string of the molecule is COC(=O)c1ccc(N)cc1OC.COC(=O)c1ccc(O)cc1OC. The third-order valence-corrected chi connectivity index (χ3v) is 3.22. The van der Waals surface area contributed by atoms with Gasteiger partial charge in [-0.3, -0.25) is 0 Å². The summed E-state index contributed by atoms with van der Waals surface area (Å²) in [5.41, 5.74) is 6.73. The zero-order valence-corrected chi connectivity index (χ0v) is 14.9. The fourth-order valence-electron chi connectivity index (χ4n) is 1.94. The maximum atomic E-state index is 11.2. The standard InChI is InChI=1S/C9H11NO3.C9H10O4/c2*1-12-8-5-6(10)3-4-7(8)9(11)13-2/h3-5H,10H2,1-2H3;3-5,10H,1-2H3. The van der Waals surface area contributed by atoms with E-state index in [1.165, 1.54) is 46.6 Å². The van der Waals surface area contributed by atoms with Gasteiger partial charge in [0, 0.05) is 17.8 Å². The Labute approximate surface area is 151 Å². The van der Waals surface area contributed by atoms with Crippen LogP contribution in [0, 0.1) is 0 Å². The Morgan fingerprint density at radius 3 is 1.73 bits per heavy atom. The first-order valence-electron chi connectivity index (χ1n) is 7.35. The van der Waals surface area contributed by atoms with Crippen LogP contribution in [0.15, 0.2) is 36.4 Å². The molecule has 2 aromatic rings. The number of ether oxygens (including phenoxy) is 4. The summed E-state index contributed by atoms with van der Waals surface area (Å²) in [4.78, 5) is 22.3. The maximum Gasteiger partial charge on any atom is 0.341 e. The summed E-state index contributed by atoms with van der Waals surface area (Å²) in [5.74, 6) is -0.156. The molecule has 0 aliphatic rings. The molecule has 0 unspecified atom stereocenters. The van der Waals surface area contributed by atoms with Gasteiger partial charge in [0.05, 0.1) is 28.4 Å². The summed E-state index contributed by atoms with van der Waals surface area (Å²) >= 11 is 0. The fraction of sp³-hybridized carbons (Fsp3) is 0.222. The minimum Gasteiger partial charge on any atom is -0.508 e. The number of aromatic hydroxyl groups is 1. The van der Waals surface area contributed by atoms with Gasteiger partial charge >= 0.3 is 11.9 Å². The quantitative estimate of drug-likeness (QED) is 0.627. The average molecular weight is 363 g/mol. The molecule has 0 amide bonds. The van der Waals surface area contributed by atoms with Crippen molar-refractivity contribution in [1.82, 2.24) is 0 Å². The molecule has 3 N–H and O–H groups in total. The van der Waals surface area contributed by atoms with Crippen molar-refractivity contribution < 1.29 is 33.6 Å². The number of hydrogen-bond acceptors (Lipinski definition) is 8. The number of esters is 2. The van der Waals surface area contributed by atoms with E-state index < -0.39 is 11.9 Å². The first kappa shape index (κ1) is 20.6. The van der Waals surface area contributed by atoms with Gasteiger partial charge < -0.3 is 29.8 Å². The van der Waals surface area contributed by atoms with Crippen LogP contribution < -0.4 is 15.2 Å². The van der Waals surface area contributed by atoms with E-state index >= 15 is 0 Å². The van der Waals surface area contributed by atoms with Crippen LogP contribution in [0.3, 0.4) is 0 Å². The van der Waals surface area contributed by atoms with Gasteiger partial charge in [-0.15, -0.1) is 0 Å². The maximum absolute atomic E-state index is 11.2. The summed E-state index contributed by atoms with van der Waals surface area (Å²) in [7, 11) is 5.50. The zero-order valence-electron chi connectivity index (χ0n) is 14.9. The summed E-state index contributed by atoms with van der Waals surface area (Å²) in [6, 6.07) is 8.96. The van der Waals surface area contributed by atoms with Gasteiger partial charge in [0.25, 0.3) is 0 Å². The third kappa shape index (κ3) is 5.30. The van der Waals surface area contributed by atoms with Gasteiger partial charge in [0.15, 0.2) is 0 Å². The summed E-state index contributed by atoms with van der Waals surface area (Å²) in [5, 5.41) is 9.09. The molecular formula is C18H21NO7. The number of phenols is 1. The van der Waals surface area contributed by atoms with Crippen LogP contribution in [-0.2, 0) is 9.47 Å². The van der Waals surface area contributed by atoms with Gasteiger partial charge in [-0.1, -0.05) is 0 Å². The van der Waals surface area contributed by atoms with Gasteiger partial charge in [0.2, 0.25) is 0 Å². The van der Waals surface area contributed by atoms with E-state index in [4.69, 9.17) is 20.3 Å². The highest BCUT2D eigenvalue weighted by atomic mass is 16.5. The van der Waals surface area contributed by atoms with Crippen molar-refractivity contribution in [3.63, 3.8) is 0 Å².